The predicted molar refractivity (Wildman–Crippen MR) is 100 cm³/mol. The first kappa shape index (κ1) is 18.9. The van der Waals surface area contributed by atoms with Crippen LogP contribution >= 0.6 is 0 Å². The van der Waals surface area contributed by atoms with Crippen molar-refractivity contribution < 1.29 is 19.2 Å². The van der Waals surface area contributed by atoms with Gasteiger partial charge < -0.3 is 16.0 Å². The van der Waals surface area contributed by atoms with E-state index < -0.39 is 23.5 Å². The van der Waals surface area contributed by atoms with Gasteiger partial charge in [-0.1, -0.05) is 19.3 Å². The maximum atomic E-state index is 12.9. The summed E-state index contributed by atoms with van der Waals surface area (Å²) < 4.78 is 0. The molecule has 2 aliphatic rings. The van der Waals surface area contributed by atoms with Gasteiger partial charge in [-0.05, 0) is 44.0 Å². The van der Waals surface area contributed by atoms with E-state index in [9.17, 15) is 19.2 Å². The molecule has 0 radical (unpaired) electrons. The molecule has 0 bridgehead atoms. The Bertz CT molecular complexity index is 768. The lowest BCUT2D eigenvalue weighted by Crippen LogP contribution is -2.50. The number of imide groups is 1. The first-order valence-corrected chi connectivity index (χ1v) is 9.17. The van der Waals surface area contributed by atoms with E-state index in [0.717, 1.165) is 24.2 Å². The van der Waals surface area contributed by atoms with Gasteiger partial charge in [0.25, 0.3) is 5.91 Å². The second kappa shape index (κ2) is 7.38. The van der Waals surface area contributed by atoms with Gasteiger partial charge in [-0.2, -0.15) is 0 Å². The van der Waals surface area contributed by atoms with Gasteiger partial charge in [0.2, 0.25) is 11.8 Å². The smallest absolute Gasteiger partial charge is 0.325 e. The molecule has 5 amide bonds. The van der Waals surface area contributed by atoms with Crippen LogP contribution in [0.5, 0.6) is 0 Å². The number of carbonyl (C=O) groups is 4. The molecule has 8 nitrogen and oxygen atoms in total. The summed E-state index contributed by atoms with van der Waals surface area (Å²) in [5, 5.41) is 8.16. The third kappa shape index (κ3) is 3.79. The normalized spacial score (nSPS) is 19.6. The molecule has 3 rings (SSSR count). The Labute approximate surface area is 157 Å². The SMILES string of the molecule is CC(=O)Nc1ccc(NC(=O)C(C)N2C(=O)NC3(CCCCC3)C2=O)cc1. The summed E-state index contributed by atoms with van der Waals surface area (Å²) in [6.07, 6.45) is 4.07. The number of anilines is 2. The van der Waals surface area contributed by atoms with E-state index in [1.54, 1.807) is 31.2 Å². The maximum Gasteiger partial charge on any atom is 0.325 e. The summed E-state index contributed by atoms with van der Waals surface area (Å²) in [5.74, 6) is -0.940. The second-order valence-corrected chi connectivity index (χ2v) is 7.17. The van der Waals surface area contributed by atoms with Crippen molar-refractivity contribution in [2.45, 2.75) is 57.5 Å². The number of hydrogen-bond acceptors (Lipinski definition) is 4. The molecule has 1 spiro atoms. The fourth-order valence-electron chi connectivity index (χ4n) is 3.69. The van der Waals surface area contributed by atoms with E-state index in [1.165, 1.54) is 6.92 Å². The molecule has 1 unspecified atom stereocenters. The monoisotopic (exact) mass is 372 g/mol. The van der Waals surface area contributed by atoms with E-state index in [2.05, 4.69) is 16.0 Å². The molecule has 1 aliphatic carbocycles. The van der Waals surface area contributed by atoms with Crippen molar-refractivity contribution in [3.05, 3.63) is 24.3 Å². The van der Waals surface area contributed by atoms with Crippen LogP contribution in [0.15, 0.2) is 24.3 Å². The zero-order chi connectivity index (χ0) is 19.6. The van der Waals surface area contributed by atoms with Gasteiger partial charge in [0.1, 0.15) is 11.6 Å². The van der Waals surface area contributed by atoms with Gasteiger partial charge in [0.05, 0.1) is 0 Å². The van der Waals surface area contributed by atoms with E-state index >= 15 is 0 Å². The Balaban J connectivity index is 1.67. The molecule has 1 aromatic carbocycles. The minimum atomic E-state index is -0.922. The van der Waals surface area contributed by atoms with Gasteiger partial charge in [-0.15, -0.1) is 0 Å². The predicted octanol–water partition coefficient (Wildman–Crippen LogP) is 2.23. The average Bonchev–Trinajstić information content (AvgIpc) is 2.86. The van der Waals surface area contributed by atoms with E-state index in [1.807, 2.05) is 0 Å². The lowest BCUT2D eigenvalue weighted by Gasteiger charge is -2.31. The molecule has 1 atom stereocenters. The molecule has 8 heteroatoms. The number of benzene rings is 1. The number of urea groups is 1. The minimum absolute atomic E-state index is 0.185. The van der Waals surface area contributed by atoms with Crippen LogP contribution in [0.1, 0.15) is 46.0 Å². The van der Waals surface area contributed by atoms with Gasteiger partial charge in [-0.3, -0.25) is 14.4 Å². The third-order valence-corrected chi connectivity index (χ3v) is 5.14. The van der Waals surface area contributed by atoms with Crippen LogP contribution in [-0.4, -0.2) is 40.2 Å². The molecule has 1 saturated carbocycles. The summed E-state index contributed by atoms with van der Waals surface area (Å²) in [6.45, 7) is 2.95. The van der Waals surface area contributed by atoms with E-state index in [-0.39, 0.29) is 11.8 Å². The lowest BCUT2D eigenvalue weighted by atomic mass is 9.81. The summed E-state index contributed by atoms with van der Waals surface area (Å²) in [7, 11) is 0. The van der Waals surface area contributed by atoms with Gasteiger partial charge in [0.15, 0.2) is 0 Å². The Morgan fingerprint density at radius 1 is 1.04 bits per heavy atom. The Kier molecular flexibility index (Phi) is 5.16. The second-order valence-electron chi connectivity index (χ2n) is 7.17. The number of nitrogens with one attached hydrogen (secondary N) is 3. The van der Waals surface area contributed by atoms with Crippen molar-refractivity contribution in [3.63, 3.8) is 0 Å². The van der Waals surface area contributed by atoms with Crippen LogP contribution in [-0.2, 0) is 14.4 Å². The largest absolute Gasteiger partial charge is 0.326 e. The van der Waals surface area contributed by atoms with E-state index in [0.29, 0.717) is 24.2 Å². The lowest BCUT2D eigenvalue weighted by molar-refractivity contribution is -0.137. The van der Waals surface area contributed by atoms with Gasteiger partial charge in [0, 0.05) is 18.3 Å². The Morgan fingerprint density at radius 2 is 1.59 bits per heavy atom. The van der Waals surface area contributed by atoms with Crippen LogP contribution in [0.25, 0.3) is 0 Å². The first-order chi connectivity index (χ1) is 12.8. The highest BCUT2D eigenvalue weighted by Crippen LogP contribution is 2.34. The molecule has 1 saturated heterocycles. The first-order valence-electron chi connectivity index (χ1n) is 9.17. The molecule has 144 valence electrons. The Morgan fingerprint density at radius 3 is 2.15 bits per heavy atom. The summed E-state index contributed by atoms with van der Waals surface area (Å²) in [4.78, 5) is 49.9. The Hall–Kier alpha value is -2.90. The quantitative estimate of drug-likeness (QED) is 0.704. The fourth-order valence-corrected chi connectivity index (χ4v) is 3.69. The zero-order valence-electron chi connectivity index (χ0n) is 15.5. The fraction of sp³-hybridized carbons (Fsp3) is 0.474. The van der Waals surface area contributed by atoms with Crippen molar-refractivity contribution in [3.8, 4) is 0 Å². The molecular weight excluding hydrogens is 348 g/mol. The molecule has 27 heavy (non-hydrogen) atoms. The topological polar surface area (TPSA) is 108 Å². The van der Waals surface area contributed by atoms with Crippen LogP contribution in [0, 0.1) is 0 Å². The number of carbonyl (C=O) groups excluding carboxylic acids is 4. The summed E-state index contributed by atoms with van der Waals surface area (Å²) in [5.41, 5.74) is 0.284. The highest BCUT2D eigenvalue weighted by Gasteiger charge is 2.53. The van der Waals surface area contributed by atoms with Crippen molar-refractivity contribution in [1.29, 1.82) is 0 Å². The van der Waals surface area contributed by atoms with Crippen LogP contribution < -0.4 is 16.0 Å². The molecular formula is C19H24N4O4. The van der Waals surface area contributed by atoms with Crippen LogP contribution in [0.3, 0.4) is 0 Å². The molecule has 0 aromatic heterocycles. The standard InChI is InChI=1S/C19H24N4O4/c1-12(16(25)21-15-8-6-14(7-9-15)20-13(2)24)23-17(26)19(22-18(23)27)10-4-3-5-11-19/h6-9,12H,3-5,10-11H2,1-2H3,(H,20,24)(H,21,25)(H,22,27). The third-order valence-electron chi connectivity index (χ3n) is 5.14. The van der Waals surface area contributed by atoms with Crippen molar-refractivity contribution in [2.24, 2.45) is 0 Å². The van der Waals surface area contributed by atoms with Crippen LogP contribution in [0.4, 0.5) is 16.2 Å². The van der Waals surface area contributed by atoms with Crippen molar-refractivity contribution in [1.82, 2.24) is 10.2 Å². The molecule has 1 aliphatic heterocycles. The van der Waals surface area contributed by atoms with Gasteiger partial charge in [-0.25, -0.2) is 9.69 Å². The van der Waals surface area contributed by atoms with Crippen molar-refractivity contribution in [2.75, 3.05) is 10.6 Å². The summed E-state index contributed by atoms with van der Waals surface area (Å²) in [6, 6.07) is 5.17. The molecule has 1 aromatic rings. The van der Waals surface area contributed by atoms with Crippen molar-refractivity contribution >= 4 is 35.1 Å². The number of hydrogen-bond donors (Lipinski definition) is 3. The number of rotatable bonds is 4. The zero-order valence-corrected chi connectivity index (χ0v) is 15.5. The highest BCUT2D eigenvalue weighted by atomic mass is 16.2. The highest BCUT2D eigenvalue weighted by molar-refractivity contribution is 6.11. The van der Waals surface area contributed by atoms with E-state index in [4.69, 9.17) is 0 Å². The number of nitrogens with zero attached hydrogens (tertiary/aromatic N) is 1. The minimum Gasteiger partial charge on any atom is -0.326 e. The van der Waals surface area contributed by atoms with Crippen LogP contribution in [0.2, 0.25) is 0 Å². The number of amides is 5. The summed E-state index contributed by atoms with van der Waals surface area (Å²) >= 11 is 0. The molecule has 3 N–H and O–H groups in total. The average molecular weight is 372 g/mol. The molecule has 2 fully saturated rings. The molecule has 1 heterocycles. The maximum absolute atomic E-state index is 12.9. The van der Waals surface area contributed by atoms with Gasteiger partial charge >= 0.3 is 6.03 Å².